The largest absolute Gasteiger partial charge is 0.443 e. The molecule has 0 saturated carbocycles. The number of carbonyl (C=O) groups excluding carboxylic acids is 1. The Balaban J connectivity index is 1.87. The summed E-state index contributed by atoms with van der Waals surface area (Å²) in [7, 11) is 0. The number of ether oxygens (including phenoxy) is 1. The molecule has 2 aromatic rings. The second-order valence-electron chi connectivity index (χ2n) is 4.73. The van der Waals surface area contributed by atoms with Gasteiger partial charge >= 0.3 is 6.09 Å². The van der Waals surface area contributed by atoms with Crippen LogP contribution in [0.3, 0.4) is 0 Å². The van der Waals surface area contributed by atoms with E-state index in [1.54, 1.807) is 0 Å². The van der Waals surface area contributed by atoms with E-state index in [4.69, 9.17) is 4.74 Å². The highest BCUT2D eigenvalue weighted by Gasteiger charge is 2.06. The number of nitrogens with one attached hydrogen (secondary N) is 2. The molecular formula is C16H17BrN2O2. The van der Waals surface area contributed by atoms with Gasteiger partial charge in [-0.15, -0.1) is 0 Å². The average molecular weight is 349 g/mol. The first-order valence-corrected chi connectivity index (χ1v) is 7.35. The van der Waals surface area contributed by atoms with E-state index >= 15 is 0 Å². The van der Waals surface area contributed by atoms with E-state index in [2.05, 4.69) is 26.8 Å². The van der Waals surface area contributed by atoms with Gasteiger partial charge in [0.1, 0.15) is 6.61 Å². The summed E-state index contributed by atoms with van der Waals surface area (Å²) in [5.74, 6) is 0. The maximum Gasteiger partial charge on any atom is 0.426 e. The molecule has 0 saturated heterocycles. The molecule has 0 aliphatic rings. The molecule has 0 aliphatic carbocycles. The Hall–Kier alpha value is -2.01. The molecule has 0 bridgehead atoms. The van der Waals surface area contributed by atoms with E-state index in [9.17, 15) is 4.79 Å². The second kappa shape index (κ2) is 7.13. The summed E-state index contributed by atoms with van der Waals surface area (Å²) in [5, 5.41) is 0. The van der Waals surface area contributed by atoms with Gasteiger partial charge < -0.3 is 4.74 Å². The number of rotatable bonds is 4. The Kier molecular flexibility index (Phi) is 5.22. The minimum absolute atomic E-state index is 0.243. The van der Waals surface area contributed by atoms with Crippen LogP contribution in [0.2, 0.25) is 0 Å². The zero-order valence-corrected chi connectivity index (χ0v) is 13.5. The zero-order valence-electron chi connectivity index (χ0n) is 11.9. The minimum atomic E-state index is -0.513. The maximum atomic E-state index is 11.7. The van der Waals surface area contributed by atoms with Crippen molar-refractivity contribution in [1.82, 2.24) is 5.43 Å². The summed E-state index contributed by atoms with van der Waals surface area (Å²) in [6.45, 7) is 4.18. The van der Waals surface area contributed by atoms with Crippen molar-refractivity contribution in [2.45, 2.75) is 20.5 Å². The summed E-state index contributed by atoms with van der Waals surface area (Å²) in [4.78, 5) is 11.7. The van der Waals surface area contributed by atoms with Crippen LogP contribution in [0.15, 0.2) is 46.9 Å². The molecule has 2 N–H and O–H groups in total. The van der Waals surface area contributed by atoms with Crippen LogP contribution in [0.5, 0.6) is 0 Å². The summed E-state index contributed by atoms with van der Waals surface area (Å²) in [5.41, 5.74) is 9.33. The summed E-state index contributed by atoms with van der Waals surface area (Å²) < 4.78 is 6.14. The summed E-state index contributed by atoms with van der Waals surface area (Å²) in [6, 6.07) is 13.5. The van der Waals surface area contributed by atoms with E-state index in [1.165, 1.54) is 0 Å². The van der Waals surface area contributed by atoms with Gasteiger partial charge in [-0.3, -0.25) is 5.43 Å². The van der Waals surface area contributed by atoms with Gasteiger partial charge in [0.25, 0.3) is 0 Å². The molecule has 0 unspecified atom stereocenters. The number of hydrogen-bond acceptors (Lipinski definition) is 3. The van der Waals surface area contributed by atoms with Crippen LogP contribution in [0.1, 0.15) is 16.7 Å². The van der Waals surface area contributed by atoms with E-state index in [0.717, 1.165) is 26.9 Å². The molecule has 21 heavy (non-hydrogen) atoms. The van der Waals surface area contributed by atoms with Crippen molar-refractivity contribution in [3.63, 3.8) is 0 Å². The van der Waals surface area contributed by atoms with E-state index in [-0.39, 0.29) is 6.61 Å². The van der Waals surface area contributed by atoms with Gasteiger partial charge in [-0.1, -0.05) is 46.3 Å². The SMILES string of the molecule is Cc1cc(Br)cc(C)c1NNC(=O)OCc1ccccc1. The summed E-state index contributed by atoms with van der Waals surface area (Å²) in [6.07, 6.45) is -0.513. The van der Waals surface area contributed by atoms with Gasteiger partial charge in [0, 0.05) is 4.47 Å². The highest BCUT2D eigenvalue weighted by molar-refractivity contribution is 9.10. The number of hydrogen-bond donors (Lipinski definition) is 2. The summed E-state index contributed by atoms with van der Waals surface area (Å²) >= 11 is 3.44. The van der Waals surface area contributed by atoms with Crippen molar-refractivity contribution in [3.05, 3.63) is 63.6 Å². The van der Waals surface area contributed by atoms with Gasteiger partial charge in [-0.2, -0.15) is 0 Å². The third-order valence-corrected chi connectivity index (χ3v) is 3.46. The number of carbonyl (C=O) groups is 1. The molecule has 110 valence electrons. The molecule has 0 radical (unpaired) electrons. The van der Waals surface area contributed by atoms with Gasteiger partial charge in [0.15, 0.2) is 0 Å². The van der Waals surface area contributed by atoms with Gasteiger partial charge in [-0.05, 0) is 42.7 Å². The molecule has 0 spiro atoms. The predicted molar refractivity (Wildman–Crippen MR) is 87.0 cm³/mol. The number of anilines is 1. The Morgan fingerprint density at radius 2 is 1.76 bits per heavy atom. The first kappa shape index (κ1) is 15.4. The molecule has 0 fully saturated rings. The van der Waals surface area contributed by atoms with E-state index in [1.807, 2.05) is 56.3 Å². The van der Waals surface area contributed by atoms with Crippen LogP contribution in [0, 0.1) is 13.8 Å². The first-order valence-electron chi connectivity index (χ1n) is 6.55. The van der Waals surface area contributed by atoms with Crippen molar-refractivity contribution in [1.29, 1.82) is 0 Å². The minimum Gasteiger partial charge on any atom is -0.443 e. The molecule has 5 heteroatoms. The van der Waals surface area contributed by atoms with E-state index < -0.39 is 6.09 Å². The number of halogens is 1. The lowest BCUT2D eigenvalue weighted by atomic mass is 10.1. The van der Waals surface area contributed by atoms with Crippen LogP contribution >= 0.6 is 15.9 Å². The fourth-order valence-corrected chi connectivity index (χ4v) is 2.67. The Morgan fingerprint density at radius 1 is 1.14 bits per heavy atom. The molecule has 0 heterocycles. The topological polar surface area (TPSA) is 50.4 Å². The smallest absolute Gasteiger partial charge is 0.426 e. The number of aryl methyl sites for hydroxylation is 2. The molecule has 1 amide bonds. The van der Waals surface area contributed by atoms with Gasteiger partial charge in [0.05, 0.1) is 5.69 Å². The lowest BCUT2D eigenvalue weighted by molar-refractivity contribution is 0.142. The van der Waals surface area contributed by atoms with Crippen molar-refractivity contribution < 1.29 is 9.53 Å². The highest BCUT2D eigenvalue weighted by Crippen LogP contribution is 2.24. The Bertz CT molecular complexity index is 606. The number of amides is 1. The third kappa shape index (κ3) is 4.49. The van der Waals surface area contributed by atoms with Gasteiger partial charge in [0.2, 0.25) is 0 Å². The fraction of sp³-hybridized carbons (Fsp3) is 0.188. The third-order valence-electron chi connectivity index (χ3n) is 3.00. The molecule has 0 atom stereocenters. The molecule has 0 aromatic heterocycles. The van der Waals surface area contributed by atoms with Crippen LogP contribution in [-0.2, 0) is 11.3 Å². The van der Waals surface area contributed by atoms with Crippen molar-refractivity contribution >= 4 is 27.7 Å². The predicted octanol–water partition coefficient (Wildman–Crippen LogP) is 4.32. The van der Waals surface area contributed by atoms with Crippen LogP contribution in [0.4, 0.5) is 10.5 Å². The number of hydrazine groups is 1. The van der Waals surface area contributed by atoms with Crippen LogP contribution in [0.25, 0.3) is 0 Å². The maximum absolute atomic E-state index is 11.7. The fourth-order valence-electron chi connectivity index (χ4n) is 1.98. The van der Waals surface area contributed by atoms with Crippen LogP contribution in [-0.4, -0.2) is 6.09 Å². The van der Waals surface area contributed by atoms with Crippen molar-refractivity contribution in [3.8, 4) is 0 Å². The zero-order chi connectivity index (χ0) is 15.2. The lowest BCUT2D eigenvalue weighted by Gasteiger charge is -2.14. The Labute approximate surface area is 132 Å². The lowest BCUT2D eigenvalue weighted by Crippen LogP contribution is -2.30. The first-order chi connectivity index (χ1) is 10.1. The molecule has 4 nitrogen and oxygen atoms in total. The average Bonchev–Trinajstić information content (AvgIpc) is 2.45. The molecule has 2 rings (SSSR count). The molecule has 0 aliphatic heterocycles. The van der Waals surface area contributed by atoms with E-state index in [0.29, 0.717) is 0 Å². The van der Waals surface area contributed by atoms with Crippen LogP contribution < -0.4 is 10.9 Å². The second-order valence-corrected chi connectivity index (χ2v) is 5.64. The monoisotopic (exact) mass is 348 g/mol. The van der Waals surface area contributed by atoms with Gasteiger partial charge in [-0.25, -0.2) is 10.2 Å². The van der Waals surface area contributed by atoms with Crippen molar-refractivity contribution in [2.75, 3.05) is 5.43 Å². The standard InChI is InChI=1S/C16H17BrN2O2/c1-11-8-14(17)9-12(2)15(11)18-19-16(20)21-10-13-6-4-3-5-7-13/h3-9,18H,10H2,1-2H3,(H,19,20). The molecular weight excluding hydrogens is 332 g/mol. The highest BCUT2D eigenvalue weighted by atomic mass is 79.9. The quantitative estimate of drug-likeness (QED) is 0.809. The Morgan fingerprint density at radius 3 is 2.38 bits per heavy atom. The molecule has 2 aromatic carbocycles. The normalized spacial score (nSPS) is 10.0. The van der Waals surface area contributed by atoms with Crippen molar-refractivity contribution in [2.24, 2.45) is 0 Å². The number of benzene rings is 2.